The number of para-hydroxylation sites is 1. The van der Waals surface area contributed by atoms with Crippen LogP contribution in [0.4, 0.5) is 0 Å². The minimum atomic E-state index is -0.315. The Morgan fingerprint density at radius 1 is 0.917 bits per heavy atom. The molecule has 0 spiro atoms. The molecule has 24 heavy (non-hydrogen) atoms. The molecule has 0 aliphatic carbocycles. The number of carbonyl (C=O) groups is 2. The number of hydrogen-bond donors (Lipinski definition) is 2. The second-order valence-electron chi connectivity index (χ2n) is 5.00. The van der Waals surface area contributed by atoms with Gasteiger partial charge in [0.1, 0.15) is 11.5 Å². The van der Waals surface area contributed by atoms with Crippen LogP contribution in [0.25, 0.3) is 0 Å². The van der Waals surface area contributed by atoms with E-state index in [0.717, 1.165) is 5.56 Å². The van der Waals surface area contributed by atoms with E-state index in [-0.39, 0.29) is 18.4 Å². The van der Waals surface area contributed by atoms with Gasteiger partial charge in [-0.1, -0.05) is 18.2 Å². The highest BCUT2D eigenvalue weighted by Gasteiger charge is 2.09. The lowest BCUT2D eigenvalue weighted by molar-refractivity contribution is -0.120. The van der Waals surface area contributed by atoms with Crippen LogP contribution in [-0.4, -0.2) is 32.6 Å². The van der Waals surface area contributed by atoms with Crippen molar-refractivity contribution in [2.75, 3.05) is 20.8 Å². The molecular weight excluding hydrogens is 308 g/mol. The van der Waals surface area contributed by atoms with Crippen molar-refractivity contribution in [3.63, 3.8) is 0 Å². The molecule has 0 aliphatic heterocycles. The molecule has 126 valence electrons. The standard InChI is InChI=1S/C18H20N2O4/c1-23-15-9-7-13(8-10-15)18(22)20-12-17(21)19-11-14-5-3-4-6-16(14)24-2/h3-10H,11-12H2,1-2H3,(H,19,21)(H,20,22). The molecule has 0 heterocycles. The zero-order chi connectivity index (χ0) is 17.4. The Morgan fingerprint density at radius 3 is 2.29 bits per heavy atom. The van der Waals surface area contributed by atoms with Gasteiger partial charge in [-0.15, -0.1) is 0 Å². The van der Waals surface area contributed by atoms with Gasteiger partial charge in [0.15, 0.2) is 0 Å². The zero-order valence-corrected chi connectivity index (χ0v) is 13.7. The van der Waals surface area contributed by atoms with Crippen LogP contribution in [0.15, 0.2) is 48.5 Å². The third-order valence-corrected chi connectivity index (χ3v) is 3.43. The van der Waals surface area contributed by atoms with Gasteiger partial charge in [0.25, 0.3) is 5.91 Å². The average molecular weight is 328 g/mol. The van der Waals surface area contributed by atoms with Gasteiger partial charge in [0.05, 0.1) is 20.8 Å². The summed E-state index contributed by atoms with van der Waals surface area (Å²) < 4.78 is 10.3. The Kier molecular flexibility index (Phi) is 6.19. The number of methoxy groups -OCH3 is 2. The smallest absolute Gasteiger partial charge is 0.251 e. The van der Waals surface area contributed by atoms with Gasteiger partial charge in [-0.25, -0.2) is 0 Å². The largest absolute Gasteiger partial charge is 0.497 e. The van der Waals surface area contributed by atoms with Gasteiger partial charge in [0.2, 0.25) is 5.91 Å². The molecule has 0 aliphatic rings. The molecule has 0 radical (unpaired) electrons. The van der Waals surface area contributed by atoms with E-state index in [1.807, 2.05) is 24.3 Å². The zero-order valence-electron chi connectivity index (χ0n) is 13.7. The molecule has 0 saturated carbocycles. The van der Waals surface area contributed by atoms with Gasteiger partial charge < -0.3 is 20.1 Å². The lowest BCUT2D eigenvalue weighted by atomic mass is 10.2. The summed E-state index contributed by atoms with van der Waals surface area (Å²) in [6.07, 6.45) is 0. The summed E-state index contributed by atoms with van der Waals surface area (Å²) in [4.78, 5) is 23.8. The second kappa shape index (κ2) is 8.57. The van der Waals surface area contributed by atoms with Crippen molar-refractivity contribution in [1.29, 1.82) is 0 Å². The SMILES string of the molecule is COc1ccc(C(=O)NCC(=O)NCc2ccccc2OC)cc1. The monoisotopic (exact) mass is 328 g/mol. The quantitative estimate of drug-likeness (QED) is 0.812. The molecule has 2 N–H and O–H groups in total. The molecule has 6 nitrogen and oxygen atoms in total. The Hall–Kier alpha value is -3.02. The summed E-state index contributed by atoms with van der Waals surface area (Å²) in [5.74, 6) is 0.786. The fourth-order valence-electron chi connectivity index (χ4n) is 2.11. The Morgan fingerprint density at radius 2 is 1.62 bits per heavy atom. The number of amides is 2. The summed E-state index contributed by atoms with van der Waals surface area (Å²) >= 11 is 0. The van der Waals surface area contributed by atoms with Crippen LogP contribution in [0.5, 0.6) is 11.5 Å². The van der Waals surface area contributed by atoms with Crippen LogP contribution in [-0.2, 0) is 11.3 Å². The van der Waals surface area contributed by atoms with Crippen LogP contribution in [0, 0.1) is 0 Å². The van der Waals surface area contributed by atoms with E-state index < -0.39 is 0 Å². The molecule has 0 bridgehead atoms. The van der Waals surface area contributed by atoms with Crippen LogP contribution in [0.1, 0.15) is 15.9 Å². The molecule has 2 amide bonds. The first-order valence-corrected chi connectivity index (χ1v) is 7.45. The molecule has 2 aromatic carbocycles. The minimum absolute atomic E-state index is 0.0972. The van der Waals surface area contributed by atoms with Crippen LogP contribution in [0.2, 0.25) is 0 Å². The summed E-state index contributed by atoms with van der Waals surface area (Å²) in [6.45, 7) is 0.237. The first-order valence-electron chi connectivity index (χ1n) is 7.45. The van der Waals surface area contributed by atoms with E-state index in [9.17, 15) is 9.59 Å². The maximum absolute atomic E-state index is 12.0. The summed E-state index contributed by atoms with van der Waals surface area (Å²) in [5.41, 5.74) is 1.34. The van der Waals surface area contributed by atoms with E-state index in [0.29, 0.717) is 23.6 Å². The minimum Gasteiger partial charge on any atom is -0.497 e. The highest BCUT2D eigenvalue weighted by Crippen LogP contribution is 2.16. The van der Waals surface area contributed by atoms with Crippen LogP contribution >= 0.6 is 0 Å². The predicted octanol–water partition coefficient (Wildman–Crippen LogP) is 1.75. The highest BCUT2D eigenvalue weighted by atomic mass is 16.5. The van der Waals surface area contributed by atoms with E-state index in [4.69, 9.17) is 9.47 Å². The maximum Gasteiger partial charge on any atom is 0.251 e. The normalized spacial score (nSPS) is 9.92. The molecular formula is C18H20N2O4. The van der Waals surface area contributed by atoms with E-state index in [1.165, 1.54) is 0 Å². The van der Waals surface area contributed by atoms with Crippen molar-refractivity contribution in [3.8, 4) is 11.5 Å². The van der Waals surface area contributed by atoms with Crippen molar-refractivity contribution >= 4 is 11.8 Å². The lowest BCUT2D eigenvalue weighted by Crippen LogP contribution is -2.36. The molecule has 2 rings (SSSR count). The fraction of sp³-hybridized carbons (Fsp3) is 0.222. The van der Waals surface area contributed by atoms with Gasteiger partial charge >= 0.3 is 0 Å². The number of benzene rings is 2. The number of hydrogen-bond acceptors (Lipinski definition) is 4. The third kappa shape index (κ3) is 4.74. The average Bonchev–Trinajstić information content (AvgIpc) is 2.64. The summed E-state index contributed by atoms with van der Waals surface area (Å²) in [6, 6.07) is 14.1. The molecule has 2 aromatic rings. The maximum atomic E-state index is 12.0. The lowest BCUT2D eigenvalue weighted by Gasteiger charge is -2.10. The third-order valence-electron chi connectivity index (χ3n) is 3.43. The number of ether oxygens (including phenoxy) is 2. The Labute approximate surface area is 140 Å². The molecule has 0 saturated heterocycles. The van der Waals surface area contributed by atoms with E-state index >= 15 is 0 Å². The molecule has 0 unspecified atom stereocenters. The first kappa shape index (κ1) is 17.3. The van der Waals surface area contributed by atoms with Gasteiger partial charge in [0, 0.05) is 17.7 Å². The highest BCUT2D eigenvalue weighted by molar-refractivity contribution is 5.96. The van der Waals surface area contributed by atoms with Crippen LogP contribution in [0.3, 0.4) is 0 Å². The summed E-state index contributed by atoms with van der Waals surface area (Å²) in [7, 11) is 3.14. The van der Waals surface area contributed by atoms with Crippen LogP contribution < -0.4 is 20.1 Å². The molecule has 6 heteroatoms. The fourth-order valence-corrected chi connectivity index (χ4v) is 2.11. The number of rotatable bonds is 7. The number of nitrogens with one attached hydrogen (secondary N) is 2. The number of carbonyl (C=O) groups excluding carboxylic acids is 2. The second-order valence-corrected chi connectivity index (χ2v) is 5.00. The van der Waals surface area contributed by atoms with E-state index in [1.54, 1.807) is 38.5 Å². The van der Waals surface area contributed by atoms with Crippen molar-refractivity contribution in [1.82, 2.24) is 10.6 Å². The molecule has 0 aromatic heterocycles. The first-order chi connectivity index (χ1) is 11.6. The van der Waals surface area contributed by atoms with Crippen molar-refractivity contribution < 1.29 is 19.1 Å². The topological polar surface area (TPSA) is 76.7 Å². The molecule has 0 atom stereocenters. The molecule has 0 fully saturated rings. The van der Waals surface area contributed by atoms with Gasteiger partial charge in [-0.05, 0) is 30.3 Å². The van der Waals surface area contributed by atoms with Crippen molar-refractivity contribution in [2.24, 2.45) is 0 Å². The Balaban J connectivity index is 1.81. The predicted molar refractivity (Wildman–Crippen MR) is 90.2 cm³/mol. The van der Waals surface area contributed by atoms with E-state index in [2.05, 4.69) is 10.6 Å². The van der Waals surface area contributed by atoms with Crippen molar-refractivity contribution in [3.05, 3.63) is 59.7 Å². The Bertz CT molecular complexity index is 698. The van der Waals surface area contributed by atoms with Crippen molar-refractivity contribution in [2.45, 2.75) is 6.54 Å². The van der Waals surface area contributed by atoms with Gasteiger partial charge in [-0.2, -0.15) is 0 Å². The van der Waals surface area contributed by atoms with Gasteiger partial charge in [-0.3, -0.25) is 9.59 Å². The summed E-state index contributed by atoms with van der Waals surface area (Å²) in [5, 5.41) is 5.32.